The molecule has 2 aromatic rings. The fraction of sp³-hybridized carbons (Fsp3) is 0.100. The number of hydrogen-bond acceptors (Lipinski definition) is 4. The Morgan fingerprint density at radius 2 is 2.24 bits per heavy atom. The predicted octanol–water partition coefficient (Wildman–Crippen LogP) is 2.52. The average molecular weight is 271 g/mol. The van der Waals surface area contributed by atoms with E-state index >= 15 is 0 Å². The van der Waals surface area contributed by atoms with Crippen LogP contribution in [0.2, 0.25) is 5.02 Å². The summed E-state index contributed by atoms with van der Waals surface area (Å²) in [6.07, 6.45) is 1.51. The van der Waals surface area contributed by atoms with Gasteiger partial charge in [-0.05, 0) is 17.5 Å². The zero-order valence-corrected chi connectivity index (χ0v) is 10.1. The Morgan fingerprint density at radius 3 is 2.82 bits per heavy atom. The van der Waals surface area contributed by atoms with Gasteiger partial charge < -0.3 is 4.57 Å². The minimum absolute atomic E-state index is 0.247. The van der Waals surface area contributed by atoms with Gasteiger partial charge in [0.15, 0.2) is 0 Å². The van der Waals surface area contributed by atoms with E-state index in [9.17, 15) is 14.9 Å². The lowest BCUT2D eigenvalue weighted by Crippen LogP contribution is -2.21. The molecule has 0 unspecified atom stereocenters. The Hall–Kier alpha value is -1.66. The lowest BCUT2D eigenvalue weighted by atomic mass is 10.4. The third-order valence-corrected chi connectivity index (χ3v) is 3.57. The van der Waals surface area contributed by atoms with E-state index in [0.29, 0.717) is 5.02 Å². The van der Waals surface area contributed by atoms with Gasteiger partial charge in [-0.2, -0.15) is 0 Å². The molecule has 2 heterocycles. The summed E-state index contributed by atoms with van der Waals surface area (Å²) in [6.45, 7) is 0.247. The van der Waals surface area contributed by atoms with Crippen LogP contribution in [0.4, 0.5) is 5.69 Å². The normalized spacial score (nSPS) is 10.4. The first-order valence-electron chi connectivity index (χ1n) is 4.65. The summed E-state index contributed by atoms with van der Waals surface area (Å²) >= 11 is 7.31. The highest BCUT2D eigenvalue weighted by Crippen LogP contribution is 2.22. The van der Waals surface area contributed by atoms with Crippen LogP contribution in [0.15, 0.2) is 34.6 Å². The fourth-order valence-electron chi connectivity index (χ4n) is 1.38. The Morgan fingerprint density at radius 1 is 1.47 bits per heavy atom. The van der Waals surface area contributed by atoms with Gasteiger partial charge in [0.1, 0.15) is 0 Å². The Bertz CT molecular complexity index is 620. The molecule has 0 spiro atoms. The van der Waals surface area contributed by atoms with Crippen LogP contribution in [0.3, 0.4) is 0 Å². The summed E-state index contributed by atoms with van der Waals surface area (Å²) in [7, 11) is 0. The second-order valence-corrected chi connectivity index (χ2v) is 4.68. The first-order valence-corrected chi connectivity index (χ1v) is 5.91. The van der Waals surface area contributed by atoms with Crippen LogP contribution in [-0.2, 0) is 6.54 Å². The van der Waals surface area contributed by atoms with Crippen molar-refractivity contribution < 1.29 is 4.92 Å². The summed E-state index contributed by atoms with van der Waals surface area (Å²) in [5.41, 5.74) is -1.05. The fourth-order valence-corrected chi connectivity index (χ4v) is 2.47. The summed E-state index contributed by atoms with van der Waals surface area (Å²) < 4.78 is 1.27. The average Bonchev–Trinajstić information content (AvgIpc) is 2.67. The van der Waals surface area contributed by atoms with Gasteiger partial charge >= 0.3 is 11.2 Å². The van der Waals surface area contributed by atoms with Crippen molar-refractivity contribution >= 4 is 28.6 Å². The predicted molar refractivity (Wildman–Crippen MR) is 65.8 cm³/mol. The lowest BCUT2D eigenvalue weighted by molar-refractivity contribution is -0.386. The molecule has 0 fully saturated rings. The Kier molecular flexibility index (Phi) is 3.26. The maximum atomic E-state index is 11.7. The molecule has 0 radical (unpaired) electrons. The molecule has 2 rings (SSSR count). The minimum atomic E-state index is -0.686. The molecule has 17 heavy (non-hydrogen) atoms. The van der Waals surface area contributed by atoms with E-state index in [1.807, 2.05) is 0 Å². The third kappa shape index (κ3) is 2.37. The van der Waals surface area contributed by atoms with Gasteiger partial charge in [0.25, 0.3) is 0 Å². The van der Waals surface area contributed by atoms with Crippen molar-refractivity contribution in [1.29, 1.82) is 0 Å². The molecule has 0 aromatic carbocycles. The summed E-state index contributed by atoms with van der Waals surface area (Å²) in [4.78, 5) is 22.5. The van der Waals surface area contributed by atoms with Gasteiger partial charge in [-0.25, -0.2) is 0 Å². The zero-order chi connectivity index (χ0) is 12.4. The molecular weight excluding hydrogens is 264 g/mol. The number of halogens is 1. The van der Waals surface area contributed by atoms with Crippen molar-refractivity contribution in [2.24, 2.45) is 0 Å². The van der Waals surface area contributed by atoms with Crippen molar-refractivity contribution in [3.63, 3.8) is 0 Å². The summed E-state index contributed by atoms with van der Waals surface area (Å²) in [5, 5.41) is 13.0. The summed E-state index contributed by atoms with van der Waals surface area (Å²) in [6, 6.07) is 4.39. The highest BCUT2D eigenvalue weighted by Gasteiger charge is 2.14. The van der Waals surface area contributed by atoms with Crippen LogP contribution in [0.25, 0.3) is 0 Å². The van der Waals surface area contributed by atoms with E-state index in [0.717, 1.165) is 4.88 Å². The van der Waals surface area contributed by atoms with Crippen LogP contribution in [0.1, 0.15) is 4.88 Å². The van der Waals surface area contributed by atoms with Crippen molar-refractivity contribution in [3.05, 3.63) is 60.1 Å². The van der Waals surface area contributed by atoms with Gasteiger partial charge in [-0.1, -0.05) is 11.6 Å². The van der Waals surface area contributed by atoms with Crippen molar-refractivity contribution in [1.82, 2.24) is 4.57 Å². The largest absolute Gasteiger partial charge is 0.334 e. The second-order valence-electron chi connectivity index (χ2n) is 3.28. The molecular formula is C10H7ClN2O3S. The molecule has 5 nitrogen and oxygen atoms in total. The Labute approximate surface area is 105 Å². The first kappa shape index (κ1) is 11.8. The van der Waals surface area contributed by atoms with E-state index in [-0.39, 0.29) is 6.54 Å². The first-order chi connectivity index (χ1) is 8.09. The Balaban J connectivity index is 2.41. The van der Waals surface area contributed by atoms with Gasteiger partial charge in [-0.3, -0.25) is 14.9 Å². The number of aromatic nitrogens is 1. The van der Waals surface area contributed by atoms with Crippen molar-refractivity contribution in [3.8, 4) is 0 Å². The molecule has 0 amide bonds. The zero-order valence-electron chi connectivity index (χ0n) is 8.50. The van der Waals surface area contributed by atoms with Crippen LogP contribution >= 0.6 is 22.9 Å². The molecule has 0 bridgehead atoms. The van der Waals surface area contributed by atoms with Crippen LogP contribution in [0.5, 0.6) is 0 Å². The van der Waals surface area contributed by atoms with Crippen LogP contribution in [-0.4, -0.2) is 9.49 Å². The smallest absolute Gasteiger partial charge is 0.304 e. The summed E-state index contributed by atoms with van der Waals surface area (Å²) in [5.74, 6) is 0. The molecule has 0 aliphatic rings. The van der Waals surface area contributed by atoms with Crippen LogP contribution in [0, 0.1) is 10.1 Å². The van der Waals surface area contributed by atoms with Gasteiger partial charge in [-0.15, -0.1) is 11.3 Å². The SMILES string of the molecule is O=c1c([N+](=O)[O-])cccn1Cc1sccc1Cl. The minimum Gasteiger partial charge on any atom is -0.304 e. The van der Waals surface area contributed by atoms with Gasteiger partial charge in [0.2, 0.25) is 0 Å². The molecule has 88 valence electrons. The van der Waals surface area contributed by atoms with E-state index < -0.39 is 16.2 Å². The quantitative estimate of drug-likeness (QED) is 0.636. The van der Waals surface area contributed by atoms with Crippen LogP contribution < -0.4 is 5.56 Å². The molecule has 0 aliphatic carbocycles. The standard InChI is InChI=1S/C10H7ClN2O3S/c11-7-3-5-17-9(7)6-12-4-1-2-8(10(12)14)13(15)16/h1-5H,6H2. The second kappa shape index (κ2) is 4.68. The molecule has 0 saturated heterocycles. The monoisotopic (exact) mass is 270 g/mol. The van der Waals surface area contributed by atoms with E-state index in [1.165, 1.54) is 34.2 Å². The number of nitrogens with zero attached hydrogens (tertiary/aromatic N) is 2. The van der Waals surface area contributed by atoms with Gasteiger partial charge in [0, 0.05) is 17.1 Å². The lowest BCUT2D eigenvalue weighted by Gasteiger charge is -2.03. The number of pyridine rings is 1. The highest BCUT2D eigenvalue weighted by molar-refractivity contribution is 7.10. The topological polar surface area (TPSA) is 65.1 Å². The molecule has 7 heteroatoms. The highest BCUT2D eigenvalue weighted by atomic mass is 35.5. The molecule has 0 N–H and O–H groups in total. The maximum Gasteiger partial charge on any atom is 0.334 e. The van der Waals surface area contributed by atoms with Crippen molar-refractivity contribution in [2.75, 3.05) is 0 Å². The number of hydrogen-bond donors (Lipinski definition) is 0. The number of nitro groups is 1. The van der Waals surface area contributed by atoms with E-state index in [2.05, 4.69) is 0 Å². The van der Waals surface area contributed by atoms with E-state index in [4.69, 9.17) is 11.6 Å². The molecule has 0 aliphatic heterocycles. The number of rotatable bonds is 3. The molecule has 0 saturated carbocycles. The maximum absolute atomic E-state index is 11.7. The third-order valence-electron chi connectivity index (χ3n) is 2.20. The molecule has 2 aromatic heterocycles. The number of thiophene rings is 1. The van der Waals surface area contributed by atoms with E-state index in [1.54, 1.807) is 11.4 Å². The van der Waals surface area contributed by atoms with Gasteiger partial charge in [0.05, 0.1) is 16.5 Å². The van der Waals surface area contributed by atoms with Crippen molar-refractivity contribution in [2.45, 2.75) is 6.54 Å². The molecule has 0 atom stereocenters.